The van der Waals surface area contributed by atoms with Crippen LogP contribution in [0, 0.1) is 6.92 Å². The smallest absolute Gasteiger partial charge is 0.337 e. The summed E-state index contributed by atoms with van der Waals surface area (Å²) in [6.07, 6.45) is 4.15. The molecule has 5 nitrogen and oxygen atoms in total. The van der Waals surface area contributed by atoms with Gasteiger partial charge in [-0.25, -0.2) is 4.79 Å². The summed E-state index contributed by atoms with van der Waals surface area (Å²) < 4.78 is 0. The Morgan fingerprint density at radius 1 is 1.20 bits per heavy atom. The predicted octanol–water partition coefficient (Wildman–Crippen LogP) is 2.54. The highest BCUT2D eigenvalue weighted by Crippen LogP contribution is 2.18. The van der Waals surface area contributed by atoms with Crippen molar-refractivity contribution >= 4 is 17.6 Å². The van der Waals surface area contributed by atoms with Crippen molar-refractivity contribution in [3.63, 3.8) is 0 Å². The Hall–Kier alpha value is -1.88. The maximum Gasteiger partial charge on any atom is 0.337 e. The quantitative estimate of drug-likeness (QED) is 0.637. The van der Waals surface area contributed by atoms with Gasteiger partial charge in [0.1, 0.15) is 0 Å². The highest BCUT2D eigenvalue weighted by molar-refractivity contribution is 6.00. The lowest BCUT2D eigenvalue weighted by Gasteiger charge is -2.09. The molecular weight excluding hydrogens is 256 g/mol. The molecule has 0 radical (unpaired) electrons. The number of nitrogens with one attached hydrogen (secondary N) is 1. The fourth-order valence-electron chi connectivity index (χ4n) is 1.94. The largest absolute Gasteiger partial charge is 0.478 e. The molecule has 1 amide bonds. The molecule has 4 N–H and O–H groups in total. The molecule has 0 fully saturated rings. The third-order valence-electron chi connectivity index (χ3n) is 3.04. The van der Waals surface area contributed by atoms with Crippen LogP contribution in [-0.2, 0) is 4.79 Å². The van der Waals surface area contributed by atoms with Crippen LogP contribution in [0.25, 0.3) is 0 Å². The molecular formula is C15H22N2O3. The molecule has 0 atom stereocenters. The maximum absolute atomic E-state index is 11.8. The van der Waals surface area contributed by atoms with Gasteiger partial charge in [0.25, 0.3) is 0 Å². The normalized spacial score (nSPS) is 10.3. The monoisotopic (exact) mass is 278 g/mol. The number of benzene rings is 1. The summed E-state index contributed by atoms with van der Waals surface area (Å²) in [6, 6.07) is 4.97. The Kier molecular flexibility index (Phi) is 6.73. The number of carboxylic acids is 1. The van der Waals surface area contributed by atoms with Crippen molar-refractivity contribution in [3.8, 4) is 0 Å². The minimum atomic E-state index is -1.04. The number of aromatic carboxylic acids is 1. The molecule has 0 aliphatic carbocycles. The van der Waals surface area contributed by atoms with Crippen LogP contribution in [-0.4, -0.2) is 23.5 Å². The summed E-state index contributed by atoms with van der Waals surface area (Å²) in [6.45, 7) is 2.49. The molecule has 20 heavy (non-hydrogen) atoms. The van der Waals surface area contributed by atoms with Gasteiger partial charge in [0.05, 0.1) is 11.3 Å². The Labute approximate surface area is 119 Å². The fourth-order valence-corrected chi connectivity index (χ4v) is 1.94. The van der Waals surface area contributed by atoms with Crippen LogP contribution >= 0.6 is 0 Å². The fraction of sp³-hybridized carbons (Fsp3) is 0.467. The van der Waals surface area contributed by atoms with Gasteiger partial charge in [0.2, 0.25) is 5.91 Å². The molecule has 0 spiro atoms. The molecule has 0 bridgehead atoms. The first-order chi connectivity index (χ1) is 9.54. The van der Waals surface area contributed by atoms with E-state index in [1.807, 2.05) is 6.92 Å². The number of nitrogens with two attached hydrogens (primary N) is 1. The molecule has 1 aromatic carbocycles. The molecule has 5 heteroatoms. The topological polar surface area (TPSA) is 92.4 Å². The number of aryl methyl sites for hydroxylation is 1. The van der Waals surface area contributed by atoms with Gasteiger partial charge in [-0.2, -0.15) is 0 Å². The zero-order chi connectivity index (χ0) is 15.0. The average molecular weight is 278 g/mol. The molecule has 1 aromatic rings. The van der Waals surface area contributed by atoms with E-state index in [-0.39, 0.29) is 11.5 Å². The number of carbonyl (C=O) groups is 2. The van der Waals surface area contributed by atoms with Gasteiger partial charge < -0.3 is 16.2 Å². The zero-order valence-corrected chi connectivity index (χ0v) is 11.8. The number of carbonyl (C=O) groups excluding carboxylic acids is 1. The van der Waals surface area contributed by atoms with E-state index in [2.05, 4.69) is 5.32 Å². The highest BCUT2D eigenvalue weighted by Gasteiger charge is 2.12. The van der Waals surface area contributed by atoms with Crippen LogP contribution in [0.2, 0.25) is 0 Å². The second-order valence-corrected chi connectivity index (χ2v) is 4.86. The van der Waals surface area contributed by atoms with Gasteiger partial charge in [-0.15, -0.1) is 0 Å². The van der Waals surface area contributed by atoms with E-state index in [4.69, 9.17) is 10.8 Å². The molecule has 0 aromatic heterocycles. The van der Waals surface area contributed by atoms with Crippen LogP contribution in [0.3, 0.4) is 0 Å². The standard InChI is InChI=1S/C15H22N2O3/c1-11-7-8-13(12(10-11)15(19)20)17-14(18)6-4-2-3-5-9-16/h7-8,10H,2-6,9,16H2,1H3,(H,17,18)(H,19,20). The third kappa shape index (κ3) is 5.40. The van der Waals surface area contributed by atoms with Crippen LogP contribution in [0.5, 0.6) is 0 Å². The summed E-state index contributed by atoms with van der Waals surface area (Å²) in [5, 5.41) is 11.8. The number of hydrogen-bond acceptors (Lipinski definition) is 3. The van der Waals surface area contributed by atoms with Gasteiger partial charge in [-0.05, 0) is 38.4 Å². The molecule has 110 valence electrons. The minimum Gasteiger partial charge on any atom is -0.478 e. The van der Waals surface area contributed by atoms with E-state index in [1.54, 1.807) is 18.2 Å². The molecule has 0 aliphatic rings. The van der Waals surface area contributed by atoms with Crippen molar-refractivity contribution in [1.82, 2.24) is 0 Å². The van der Waals surface area contributed by atoms with Gasteiger partial charge in [-0.1, -0.05) is 24.5 Å². The summed E-state index contributed by atoms with van der Waals surface area (Å²) in [7, 11) is 0. The first-order valence-electron chi connectivity index (χ1n) is 6.88. The number of carboxylic acid groups (broad SMARTS) is 1. The van der Waals surface area contributed by atoms with E-state index in [9.17, 15) is 9.59 Å². The summed E-state index contributed by atoms with van der Waals surface area (Å²) in [4.78, 5) is 22.9. The Balaban J connectivity index is 2.51. The van der Waals surface area contributed by atoms with Gasteiger partial charge >= 0.3 is 5.97 Å². The van der Waals surface area contributed by atoms with Crippen molar-refractivity contribution in [1.29, 1.82) is 0 Å². The van der Waals surface area contributed by atoms with E-state index >= 15 is 0 Å². The van der Waals surface area contributed by atoms with E-state index in [0.717, 1.165) is 31.2 Å². The van der Waals surface area contributed by atoms with E-state index < -0.39 is 5.97 Å². The SMILES string of the molecule is Cc1ccc(NC(=O)CCCCCCN)c(C(=O)O)c1. The van der Waals surface area contributed by atoms with Gasteiger partial charge in [0, 0.05) is 6.42 Å². The lowest BCUT2D eigenvalue weighted by atomic mass is 10.1. The first-order valence-corrected chi connectivity index (χ1v) is 6.88. The molecule has 0 aliphatic heterocycles. The van der Waals surface area contributed by atoms with Crippen LogP contribution in [0.1, 0.15) is 48.0 Å². The van der Waals surface area contributed by atoms with Crippen molar-refractivity contribution in [3.05, 3.63) is 29.3 Å². The average Bonchev–Trinajstić information content (AvgIpc) is 2.40. The lowest BCUT2D eigenvalue weighted by molar-refractivity contribution is -0.116. The summed E-state index contributed by atoms with van der Waals surface area (Å²) in [5.74, 6) is -1.18. The van der Waals surface area contributed by atoms with Crippen molar-refractivity contribution < 1.29 is 14.7 Å². The predicted molar refractivity (Wildman–Crippen MR) is 78.9 cm³/mol. The Morgan fingerprint density at radius 3 is 2.55 bits per heavy atom. The van der Waals surface area contributed by atoms with E-state index in [0.29, 0.717) is 18.7 Å². The minimum absolute atomic E-state index is 0.126. The summed E-state index contributed by atoms with van der Waals surface area (Å²) >= 11 is 0. The lowest BCUT2D eigenvalue weighted by Crippen LogP contribution is -2.14. The summed E-state index contributed by atoms with van der Waals surface area (Å²) in [5.41, 5.74) is 6.73. The van der Waals surface area contributed by atoms with Crippen LogP contribution < -0.4 is 11.1 Å². The van der Waals surface area contributed by atoms with E-state index in [1.165, 1.54) is 0 Å². The molecule has 0 saturated heterocycles. The number of hydrogen-bond donors (Lipinski definition) is 3. The number of rotatable bonds is 8. The zero-order valence-electron chi connectivity index (χ0n) is 11.8. The third-order valence-corrected chi connectivity index (χ3v) is 3.04. The maximum atomic E-state index is 11.8. The van der Waals surface area contributed by atoms with Gasteiger partial charge in [0.15, 0.2) is 0 Å². The molecule has 0 saturated carbocycles. The number of amides is 1. The highest BCUT2D eigenvalue weighted by atomic mass is 16.4. The van der Waals surface area contributed by atoms with Crippen molar-refractivity contribution in [2.24, 2.45) is 5.73 Å². The van der Waals surface area contributed by atoms with Crippen molar-refractivity contribution in [2.45, 2.75) is 39.0 Å². The van der Waals surface area contributed by atoms with Gasteiger partial charge in [-0.3, -0.25) is 4.79 Å². The van der Waals surface area contributed by atoms with Crippen molar-refractivity contribution in [2.75, 3.05) is 11.9 Å². The Bertz CT molecular complexity index is 472. The molecule has 1 rings (SSSR count). The second-order valence-electron chi connectivity index (χ2n) is 4.86. The molecule has 0 unspecified atom stereocenters. The second kappa shape index (κ2) is 8.32. The van der Waals surface area contributed by atoms with Crippen LogP contribution in [0.15, 0.2) is 18.2 Å². The number of unbranched alkanes of at least 4 members (excludes halogenated alkanes) is 3. The Morgan fingerprint density at radius 2 is 1.90 bits per heavy atom. The number of anilines is 1. The van der Waals surface area contributed by atoms with Crippen LogP contribution in [0.4, 0.5) is 5.69 Å². The first kappa shape index (κ1) is 16.2. The molecule has 0 heterocycles.